The summed E-state index contributed by atoms with van der Waals surface area (Å²) in [6.07, 6.45) is 9.61. The first-order valence-corrected chi connectivity index (χ1v) is 6.50. The van der Waals surface area contributed by atoms with Crippen molar-refractivity contribution in [2.45, 2.75) is 64.6 Å². The molecule has 1 heterocycles. The van der Waals surface area contributed by atoms with Crippen LogP contribution in [0.15, 0.2) is 6.33 Å². The SMILES string of the molecule is CCCCCCn1cnc(CNC2CC2)n1. The number of hydrogen-bond acceptors (Lipinski definition) is 3. The highest BCUT2D eigenvalue weighted by atomic mass is 15.3. The van der Waals surface area contributed by atoms with E-state index in [1.54, 1.807) is 0 Å². The molecular weight excluding hydrogens is 200 g/mol. The molecule has 1 N–H and O–H groups in total. The molecule has 2 rings (SSSR count). The van der Waals surface area contributed by atoms with Gasteiger partial charge in [0.15, 0.2) is 5.82 Å². The minimum Gasteiger partial charge on any atom is -0.307 e. The fraction of sp³-hybridized carbons (Fsp3) is 0.833. The first-order chi connectivity index (χ1) is 7.88. The van der Waals surface area contributed by atoms with Crippen molar-refractivity contribution in [1.82, 2.24) is 20.1 Å². The summed E-state index contributed by atoms with van der Waals surface area (Å²) in [5.74, 6) is 0.933. The molecule has 1 aromatic rings. The Hall–Kier alpha value is -0.900. The van der Waals surface area contributed by atoms with Crippen LogP contribution in [-0.4, -0.2) is 20.8 Å². The molecule has 0 aliphatic heterocycles. The maximum Gasteiger partial charge on any atom is 0.164 e. The third-order valence-electron chi connectivity index (χ3n) is 2.95. The maximum atomic E-state index is 4.45. The smallest absolute Gasteiger partial charge is 0.164 e. The zero-order valence-corrected chi connectivity index (χ0v) is 10.2. The van der Waals surface area contributed by atoms with E-state index in [1.165, 1.54) is 38.5 Å². The summed E-state index contributed by atoms with van der Waals surface area (Å²) in [5.41, 5.74) is 0. The summed E-state index contributed by atoms with van der Waals surface area (Å²) in [4.78, 5) is 4.30. The van der Waals surface area contributed by atoms with Gasteiger partial charge in [-0.3, -0.25) is 4.68 Å². The van der Waals surface area contributed by atoms with Gasteiger partial charge in [0.05, 0.1) is 6.54 Å². The van der Waals surface area contributed by atoms with E-state index in [2.05, 4.69) is 22.3 Å². The van der Waals surface area contributed by atoms with E-state index in [1.807, 2.05) is 11.0 Å². The van der Waals surface area contributed by atoms with Crippen molar-refractivity contribution >= 4 is 0 Å². The Morgan fingerprint density at radius 2 is 2.25 bits per heavy atom. The molecule has 90 valence electrons. The van der Waals surface area contributed by atoms with Gasteiger partial charge in [0, 0.05) is 12.6 Å². The van der Waals surface area contributed by atoms with Crippen molar-refractivity contribution in [2.75, 3.05) is 0 Å². The molecule has 0 atom stereocenters. The third kappa shape index (κ3) is 3.93. The zero-order valence-electron chi connectivity index (χ0n) is 10.2. The Morgan fingerprint density at radius 3 is 3.00 bits per heavy atom. The highest BCUT2D eigenvalue weighted by molar-refractivity contribution is 4.86. The Balaban J connectivity index is 1.64. The van der Waals surface area contributed by atoms with E-state index in [0.717, 1.165) is 25.0 Å². The van der Waals surface area contributed by atoms with Gasteiger partial charge in [-0.15, -0.1) is 0 Å². The van der Waals surface area contributed by atoms with Gasteiger partial charge in [0.25, 0.3) is 0 Å². The van der Waals surface area contributed by atoms with Crippen LogP contribution in [0.4, 0.5) is 0 Å². The molecule has 1 fully saturated rings. The lowest BCUT2D eigenvalue weighted by molar-refractivity contribution is 0.532. The number of aromatic nitrogens is 3. The second-order valence-corrected chi connectivity index (χ2v) is 4.64. The lowest BCUT2D eigenvalue weighted by Crippen LogP contribution is -2.16. The molecule has 16 heavy (non-hydrogen) atoms. The molecule has 0 unspecified atom stereocenters. The van der Waals surface area contributed by atoms with Crippen molar-refractivity contribution in [3.63, 3.8) is 0 Å². The average molecular weight is 222 g/mol. The summed E-state index contributed by atoms with van der Waals surface area (Å²) >= 11 is 0. The summed E-state index contributed by atoms with van der Waals surface area (Å²) in [6, 6.07) is 0.733. The van der Waals surface area contributed by atoms with Gasteiger partial charge in [-0.2, -0.15) is 5.10 Å². The van der Waals surface area contributed by atoms with Crippen molar-refractivity contribution < 1.29 is 0 Å². The van der Waals surface area contributed by atoms with Crippen LogP contribution in [-0.2, 0) is 13.1 Å². The van der Waals surface area contributed by atoms with Crippen molar-refractivity contribution in [3.8, 4) is 0 Å². The van der Waals surface area contributed by atoms with Crippen LogP contribution in [0.25, 0.3) is 0 Å². The number of rotatable bonds is 8. The van der Waals surface area contributed by atoms with Gasteiger partial charge in [-0.25, -0.2) is 4.98 Å². The summed E-state index contributed by atoms with van der Waals surface area (Å²) in [7, 11) is 0. The molecule has 1 saturated carbocycles. The summed E-state index contributed by atoms with van der Waals surface area (Å²) in [5, 5.41) is 7.87. The van der Waals surface area contributed by atoms with Gasteiger partial charge in [0.2, 0.25) is 0 Å². The predicted molar refractivity (Wildman–Crippen MR) is 64.0 cm³/mol. The third-order valence-corrected chi connectivity index (χ3v) is 2.95. The van der Waals surface area contributed by atoms with E-state index in [0.29, 0.717) is 0 Å². The highest BCUT2D eigenvalue weighted by Crippen LogP contribution is 2.18. The largest absolute Gasteiger partial charge is 0.307 e. The maximum absolute atomic E-state index is 4.45. The van der Waals surface area contributed by atoms with Gasteiger partial charge >= 0.3 is 0 Å². The zero-order chi connectivity index (χ0) is 11.2. The van der Waals surface area contributed by atoms with E-state index < -0.39 is 0 Å². The normalized spacial score (nSPS) is 15.6. The Bertz CT molecular complexity index is 304. The summed E-state index contributed by atoms with van der Waals surface area (Å²) < 4.78 is 1.97. The Morgan fingerprint density at radius 1 is 1.38 bits per heavy atom. The monoisotopic (exact) mass is 222 g/mol. The van der Waals surface area contributed by atoms with E-state index in [9.17, 15) is 0 Å². The fourth-order valence-electron chi connectivity index (χ4n) is 1.75. The van der Waals surface area contributed by atoms with Crippen LogP contribution in [0.2, 0.25) is 0 Å². The molecule has 0 spiro atoms. The highest BCUT2D eigenvalue weighted by Gasteiger charge is 2.20. The van der Waals surface area contributed by atoms with Gasteiger partial charge < -0.3 is 5.32 Å². The van der Waals surface area contributed by atoms with Crippen LogP contribution >= 0.6 is 0 Å². The molecule has 0 aromatic carbocycles. The van der Waals surface area contributed by atoms with E-state index in [-0.39, 0.29) is 0 Å². The van der Waals surface area contributed by atoms with E-state index in [4.69, 9.17) is 0 Å². The molecule has 1 aliphatic carbocycles. The number of unbranched alkanes of at least 4 members (excludes halogenated alkanes) is 3. The second-order valence-electron chi connectivity index (χ2n) is 4.64. The second kappa shape index (κ2) is 5.99. The van der Waals surface area contributed by atoms with Gasteiger partial charge in [-0.05, 0) is 19.3 Å². The van der Waals surface area contributed by atoms with E-state index >= 15 is 0 Å². The number of nitrogens with one attached hydrogen (secondary N) is 1. The van der Waals surface area contributed by atoms with Crippen LogP contribution in [0.1, 0.15) is 51.3 Å². The van der Waals surface area contributed by atoms with Crippen molar-refractivity contribution in [1.29, 1.82) is 0 Å². The molecule has 0 radical (unpaired) electrons. The van der Waals surface area contributed by atoms with Crippen molar-refractivity contribution in [2.24, 2.45) is 0 Å². The van der Waals surface area contributed by atoms with Crippen LogP contribution < -0.4 is 5.32 Å². The molecule has 4 nitrogen and oxygen atoms in total. The lowest BCUT2D eigenvalue weighted by Gasteiger charge is -2.00. The van der Waals surface area contributed by atoms with Gasteiger partial charge in [0.1, 0.15) is 6.33 Å². The number of nitrogens with zero attached hydrogens (tertiary/aromatic N) is 3. The Labute approximate surface area is 97.5 Å². The quantitative estimate of drug-likeness (QED) is 0.685. The number of aryl methyl sites for hydroxylation is 1. The minimum absolute atomic E-state index is 0.733. The number of hydrogen-bond donors (Lipinski definition) is 1. The van der Waals surface area contributed by atoms with Crippen LogP contribution in [0.5, 0.6) is 0 Å². The van der Waals surface area contributed by atoms with Gasteiger partial charge in [-0.1, -0.05) is 26.2 Å². The average Bonchev–Trinajstić information content (AvgIpc) is 3.02. The lowest BCUT2D eigenvalue weighted by atomic mass is 10.2. The summed E-state index contributed by atoms with van der Waals surface area (Å²) in [6.45, 7) is 4.07. The molecular formula is C12H22N4. The molecule has 1 aromatic heterocycles. The molecule has 0 saturated heterocycles. The molecule has 1 aliphatic rings. The topological polar surface area (TPSA) is 42.7 Å². The molecule has 0 bridgehead atoms. The van der Waals surface area contributed by atoms with Crippen molar-refractivity contribution in [3.05, 3.63) is 12.2 Å². The molecule has 4 heteroatoms. The molecule has 0 amide bonds. The van der Waals surface area contributed by atoms with Crippen LogP contribution in [0, 0.1) is 0 Å². The first-order valence-electron chi connectivity index (χ1n) is 6.50. The predicted octanol–water partition coefficient (Wildman–Crippen LogP) is 2.11. The Kier molecular flexibility index (Phi) is 4.34. The minimum atomic E-state index is 0.733. The standard InChI is InChI=1S/C12H22N4/c1-2-3-4-5-8-16-10-14-12(15-16)9-13-11-6-7-11/h10-11,13H,2-9H2,1H3. The first kappa shape index (κ1) is 11.6. The van der Waals surface area contributed by atoms with Crippen LogP contribution in [0.3, 0.4) is 0 Å². The fourth-order valence-corrected chi connectivity index (χ4v) is 1.75.